The zero-order valence-electron chi connectivity index (χ0n) is 13.6. The normalized spacial score (nSPS) is 10.2. The van der Waals surface area contributed by atoms with Crippen LogP contribution in [-0.2, 0) is 0 Å². The third-order valence-corrected chi connectivity index (χ3v) is 4.11. The third-order valence-electron chi connectivity index (χ3n) is 3.39. The van der Waals surface area contributed by atoms with E-state index in [4.69, 9.17) is 9.47 Å². The predicted molar refractivity (Wildman–Crippen MR) is 93.8 cm³/mol. The third kappa shape index (κ3) is 4.93. The minimum atomic E-state index is -0.0763. The average molecular weight is 331 g/mol. The van der Waals surface area contributed by atoms with E-state index in [-0.39, 0.29) is 5.91 Å². The van der Waals surface area contributed by atoms with Crippen molar-refractivity contribution in [1.29, 1.82) is 0 Å². The molecule has 2 rings (SSSR count). The first-order valence-electron chi connectivity index (χ1n) is 7.33. The monoisotopic (exact) mass is 331 g/mol. The summed E-state index contributed by atoms with van der Waals surface area (Å²) < 4.78 is 10.8. The highest BCUT2D eigenvalue weighted by Crippen LogP contribution is 2.19. The standard InChI is InChI=1S/C18H21NO3S/c1-13-7-8-16(23-3)12-17(13)18(20)19-9-10-22-15-6-4-5-14(11-15)21-2/h4-8,11-12H,9-10H2,1-3H3,(H,19,20). The summed E-state index contributed by atoms with van der Waals surface area (Å²) in [5.41, 5.74) is 1.67. The lowest BCUT2D eigenvalue weighted by atomic mass is 10.1. The molecule has 23 heavy (non-hydrogen) atoms. The molecule has 0 atom stereocenters. The molecule has 0 spiro atoms. The maximum absolute atomic E-state index is 12.2. The van der Waals surface area contributed by atoms with Crippen LogP contribution in [0.2, 0.25) is 0 Å². The number of carbonyl (C=O) groups excluding carboxylic acids is 1. The fraction of sp³-hybridized carbons (Fsp3) is 0.278. The lowest BCUT2D eigenvalue weighted by molar-refractivity contribution is 0.0946. The molecule has 122 valence electrons. The lowest BCUT2D eigenvalue weighted by Gasteiger charge is -2.10. The molecular weight excluding hydrogens is 310 g/mol. The molecule has 2 aromatic carbocycles. The summed E-state index contributed by atoms with van der Waals surface area (Å²) in [6, 6.07) is 13.3. The van der Waals surface area contributed by atoms with Crippen molar-refractivity contribution in [3.8, 4) is 11.5 Å². The van der Waals surface area contributed by atoms with E-state index < -0.39 is 0 Å². The Morgan fingerprint density at radius 1 is 1.17 bits per heavy atom. The summed E-state index contributed by atoms with van der Waals surface area (Å²) >= 11 is 1.62. The number of methoxy groups -OCH3 is 1. The molecule has 0 heterocycles. The van der Waals surface area contributed by atoms with Crippen molar-refractivity contribution in [1.82, 2.24) is 5.32 Å². The van der Waals surface area contributed by atoms with Crippen LogP contribution in [0.5, 0.6) is 11.5 Å². The number of thioether (sulfide) groups is 1. The molecule has 0 unspecified atom stereocenters. The minimum Gasteiger partial charge on any atom is -0.497 e. The minimum absolute atomic E-state index is 0.0763. The number of aryl methyl sites for hydroxylation is 1. The van der Waals surface area contributed by atoms with Crippen molar-refractivity contribution in [2.75, 3.05) is 26.5 Å². The van der Waals surface area contributed by atoms with E-state index in [1.165, 1.54) is 0 Å². The quantitative estimate of drug-likeness (QED) is 0.623. The van der Waals surface area contributed by atoms with Crippen LogP contribution in [0.25, 0.3) is 0 Å². The number of rotatable bonds is 7. The van der Waals surface area contributed by atoms with Crippen molar-refractivity contribution in [2.24, 2.45) is 0 Å². The molecule has 0 radical (unpaired) electrons. The summed E-state index contributed by atoms with van der Waals surface area (Å²) in [6.45, 7) is 2.78. The highest BCUT2D eigenvalue weighted by Gasteiger charge is 2.09. The van der Waals surface area contributed by atoms with E-state index in [1.807, 2.05) is 55.6 Å². The van der Waals surface area contributed by atoms with Gasteiger partial charge >= 0.3 is 0 Å². The van der Waals surface area contributed by atoms with Crippen LogP contribution >= 0.6 is 11.8 Å². The molecule has 2 aromatic rings. The number of benzene rings is 2. The Bertz CT molecular complexity index is 673. The largest absolute Gasteiger partial charge is 0.497 e. The number of carbonyl (C=O) groups is 1. The van der Waals surface area contributed by atoms with Gasteiger partial charge < -0.3 is 14.8 Å². The molecule has 0 aliphatic carbocycles. The summed E-state index contributed by atoms with van der Waals surface area (Å²) in [4.78, 5) is 13.3. The van der Waals surface area contributed by atoms with Crippen LogP contribution in [0.4, 0.5) is 0 Å². The topological polar surface area (TPSA) is 47.6 Å². The Labute approximate surface area is 141 Å². The molecule has 0 aliphatic heterocycles. The van der Waals surface area contributed by atoms with E-state index in [1.54, 1.807) is 18.9 Å². The molecule has 0 saturated heterocycles. The van der Waals surface area contributed by atoms with Crippen molar-refractivity contribution < 1.29 is 14.3 Å². The molecule has 0 bridgehead atoms. The van der Waals surface area contributed by atoms with Crippen LogP contribution in [0.1, 0.15) is 15.9 Å². The summed E-state index contributed by atoms with van der Waals surface area (Å²) in [5, 5.41) is 2.89. The van der Waals surface area contributed by atoms with Crippen LogP contribution in [0.3, 0.4) is 0 Å². The molecule has 0 aliphatic rings. The lowest BCUT2D eigenvalue weighted by Crippen LogP contribution is -2.28. The molecule has 0 aromatic heterocycles. The SMILES string of the molecule is COc1cccc(OCCNC(=O)c2cc(SC)ccc2C)c1. The predicted octanol–water partition coefficient (Wildman–Crippen LogP) is 3.53. The Kier molecular flexibility index (Phi) is 6.35. The van der Waals surface area contributed by atoms with Crippen molar-refractivity contribution in [2.45, 2.75) is 11.8 Å². The van der Waals surface area contributed by atoms with Gasteiger partial charge in [-0.25, -0.2) is 0 Å². The summed E-state index contributed by atoms with van der Waals surface area (Å²) in [6.07, 6.45) is 1.99. The first-order valence-corrected chi connectivity index (χ1v) is 8.56. The van der Waals surface area contributed by atoms with E-state index in [2.05, 4.69) is 5.32 Å². The van der Waals surface area contributed by atoms with Crippen LogP contribution in [-0.4, -0.2) is 32.4 Å². The van der Waals surface area contributed by atoms with Crippen LogP contribution < -0.4 is 14.8 Å². The average Bonchev–Trinajstić information content (AvgIpc) is 2.59. The summed E-state index contributed by atoms with van der Waals surface area (Å²) in [7, 11) is 1.62. The Morgan fingerprint density at radius 2 is 1.96 bits per heavy atom. The molecule has 5 heteroatoms. The molecular formula is C18H21NO3S. The fourth-order valence-corrected chi connectivity index (χ4v) is 2.53. The van der Waals surface area contributed by atoms with E-state index in [9.17, 15) is 4.79 Å². The van der Waals surface area contributed by atoms with Crippen LogP contribution in [0.15, 0.2) is 47.4 Å². The second-order valence-electron chi connectivity index (χ2n) is 4.96. The zero-order valence-corrected chi connectivity index (χ0v) is 14.4. The number of ether oxygens (including phenoxy) is 2. The Morgan fingerprint density at radius 3 is 2.70 bits per heavy atom. The molecule has 1 N–H and O–H groups in total. The van der Waals surface area contributed by atoms with Gasteiger partial charge in [-0.15, -0.1) is 11.8 Å². The number of hydrogen-bond acceptors (Lipinski definition) is 4. The van der Waals surface area contributed by atoms with Gasteiger partial charge in [-0.3, -0.25) is 4.79 Å². The number of hydrogen-bond donors (Lipinski definition) is 1. The fourth-order valence-electron chi connectivity index (χ4n) is 2.09. The second kappa shape index (κ2) is 8.48. The number of nitrogens with one attached hydrogen (secondary N) is 1. The number of amides is 1. The summed E-state index contributed by atoms with van der Waals surface area (Å²) in [5.74, 6) is 1.39. The smallest absolute Gasteiger partial charge is 0.251 e. The van der Waals surface area contributed by atoms with Gasteiger partial charge in [0, 0.05) is 16.5 Å². The van der Waals surface area contributed by atoms with E-state index >= 15 is 0 Å². The van der Waals surface area contributed by atoms with Gasteiger partial charge in [-0.2, -0.15) is 0 Å². The Hall–Kier alpha value is -2.14. The van der Waals surface area contributed by atoms with Crippen LogP contribution in [0, 0.1) is 6.92 Å². The van der Waals surface area contributed by atoms with Gasteiger partial charge in [0.1, 0.15) is 18.1 Å². The van der Waals surface area contributed by atoms with E-state index in [0.29, 0.717) is 18.7 Å². The van der Waals surface area contributed by atoms with E-state index in [0.717, 1.165) is 22.0 Å². The maximum atomic E-state index is 12.2. The highest BCUT2D eigenvalue weighted by atomic mass is 32.2. The van der Waals surface area contributed by atoms with Gasteiger partial charge in [0.05, 0.1) is 13.7 Å². The second-order valence-corrected chi connectivity index (χ2v) is 5.84. The molecule has 0 saturated carbocycles. The highest BCUT2D eigenvalue weighted by molar-refractivity contribution is 7.98. The first-order chi connectivity index (χ1) is 11.1. The van der Waals surface area contributed by atoms with Crippen molar-refractivity contribution >= 4 is 17.7 Å². The maximum Gasteiger partial charge on any atom is 0.251 e. The zero-order chi connectivity index (χ0) is 16.7. The van der Waals surface area contributed by atoms with Gasteiger partial charge in [-0.1, -0.05) is 12.1 Å². The Balaban J connectivity index is 1.85. The van der Waals surface area contributed by atoms with Gasteiger partial charge in [0.2, 0.25) is 0 Å². The molecule has 1 amide bonds. The first kappa shape index (κ1) is 17.2. The molecule has 0 fully saturated rings. The van der Waals surface area contributed by atoms with Crippen molar-refractivity contribution in [3.05, 3.63) is 53.6 Å². The van der Waals surface area contributed by atoms with Gasteiger partial charge in [-0.05, 0) is 43.0 Å². The van der Waals surface area contributed by atoms with Gasteiger partial charge in [0.15, 0.2) is 0 Å². The van der Waals surface area contributed by atoms with Crippen molar-refractivity contribution in [3.63, 3.8) is 0 Å². The van der Waals surface area contributed by atoms with Gasteiger partial charge in [0.25, 0.3) is 5.91 Å². The molecule has 4 nitrogen and oxygen atoms in total.